The molecule has 0 saturated carbocycles. The lowest BCUT2D eigenvalue weighted by Gasteiger charge is -2.19. The third-order valence-corrected chi connectivity index (χ3v) is 10.6. The number of carboxylic acids is 1. The lowest BCUT2D eigenvalue weighted by molar-refractivity contribution is -0.157. The summed E-state index contributed by atoms with van der Waals surface area (Å²) in [6, 6.07) is -1.03. The van der Waals surface area contributed by atoms with E-state index in [1.165, 1.54) is 102 Å². The van der Waals surface area contributed by atoms with Gasteiger partial charge in [0, 0.05) is 30.8 Å². The number of thioether (sulfide) groups is 1. The van der Waals surface area contributed by atoms with Crippen LogP contribution in [0.15, 0.2) is 0 Å². The maximum Gasteiger partial charge on any atom is 0.327 e. The predicted octanol–water partition coefficient (Wildman–Crippen LogP) is 11.5. The van der Waals surface area contributed by atoms with Crippen LogP contribution in [0.4, 0.5) is 0 Å². The van der Waals surface area contributed by atoms with Crippen molar-refractivity contribution < 1.29 is 33.8 Å². The molecule has 300 valence electrons. The fraction of sp³-hybridized carbons (Fsp3) is 0.905. The summed E-state index contributed by atoms with van der Waals surface area (Å²) in [5.41, 5.74) is 0. The lowest BCUT2D eigenvalue weighted by Crippen LogP contribution is -2.42. The fourth-order valence-electron chi connectivity index (χ4n) is 6.13. The van der Waals surface area contributed by atoms with Gasteiger partial charge < -0.3 is 19.9 Å². The zero-order valence-corrected chi connectivity index (χ0v) is 34.1. The van der Waals surface area contributed by atoms with Crippen molar-refractivity contribution in [3.8, 4) is 0 Å². The molecule has 0 aliphatic carbocycles. The van der Waals surface area contributed by atoms with Gasteiger partial charge in [-0.2, -0.15) is 11.8 Å². The second kappa shape index (κ2) is 38.0. The first-order valence-corrected chi connectivity index (χ1v) is 22.4. The maximum atomic E-state index is 12.5. The van der Waals surface area contributed by atoms with E-state index in [4.69, 9.17) is 9.47 Å². The normalized spacial score (nSPS) is 12.4. The van der Waals surface area contributed by atoms with E-state index in [-0.39, 0.29) is 36.0 Å². The van der Waals surface area contributed by atoms with Gasteiger partial charge in [0.2, 0.25) is 5.91 Å². The number of aliphatic carboxylic acids is 1. The first kappa shape index (κ1) is 49.2. The van der Waals surface area contributed by atoms with E-state index in [1.807, 2.05) is 0 Å². The van der Waals surface area contributed by atoms with E-state index >= 15 is 0 Å². The van der Waals surface area contributed by atoms with E-state index < -0.39 is 18.1 Å². The van der Waals surface area contributed by atoms with E-state index in [1.54, 1.807) is 0 Å². The standard InChI is InChI=1S/C42H79NO7S/c1-4-7-10-13-14-15-16-17-18-19-20-21-22-23-24-27-28-31-39(44)43-38(42(47)48)36-51-35-37(50-41(46)33-30-26-12-9-6-3)34-49-40(45)32-29-25-11-8-5-2/h37-38H,4-36H2,1-3H3,(H,43,44)(H,47,48)/t37-,38-/m1/s1. The van der Waals surface area contributed by atoms with Crippen LogP contribution in [0.1, 0.15) is 213 Å². The summed E-state index contributed by atoms with van der Waals surface area (Å²) in [7, 11) is 0. The third-order valence-electron chi connectivity index (χ3n) is 9.43. The molecule has 0 rings (SSSR count). The molecule has 2 atom stereocenters. The molecule has 2 N–H and O–H groups in total. The van der Waals surface area contributed by atoms with Gasteiger partial charge >= 0.3 is 17.9 Å². The molecule has 0 spiro atoms. The van der Waals surface area contributed by atoms with Gasteiger partial charge in [-0.15, -0.1) is 0 Å². The second-order valence-corrected chi connectivity index (χ2v) is 15.6. The van der Waals surface area contributed by atoms with Crippen LogP contribution in [-0.2, 0) is 28.7 Å². The van der Waals surface area contributed by atoms with Crippen LogP contribution in [0.3, 0.4) is 0 Å². The quantitative estimate of drug-likeness (QED) is 0.0472. The molecule has 0 heterocycles. The van der Waals surface area contributed by atoms with Crippen LogP contribution in [0, 0.1) is 0 Å². The Hall–Kier alpha value is -1.77. The summed E-state index contributed by atoms with van der Waals surface area (Å²) in [5, 5.41) is 12.4. The number of carbonyl (C=O) groups excluding carboxylic acids is 3. The molecule has 9 heteroatoms. The summed E-state index contributed by atoms with van der Waals surface area (Å²) >= 11 is 1.28. The molecule has 0 aliphatic rings. The largest absolute Gasteiger partial charge is 0.480 e. The van der Waals surface area contributed by atoms with E-state index in [0.29, 0.717) is 19.3 Å². The summed E-state index contributed by atoms with van der Waals surface area (Å²) in [5.74, 6) is -1.56. The number of rotatable bonds is 39. The first-order chi connectivity index (χ1) is 24.8. The highest BCUT2D eigenvalue weighted by Crippen LogP contribution is 2.16. The van der Waals surface area contributed by atoms with Crippen LogP contribution in [0.2, 0.25) is 0 Å². The van der Waals surface area contributed by atoms with E-state index in [9.17, 15) is 24.3 Å². The van der Waals surface area contributed by atoms with Crippen molar-refractivity contribution in [2.24, 2.45) is 0 Å². The van der Waals surface area contributed by atoms with Crippen LogP contribution in [0.5, 0.6) is 0 Å². The minimum absolute atomic E-state index is 0.0498. The molecular formula is C42H79NO7S. The van der Waals surface area contributed by atoms with Gasteiger partial charge in [-0.1, -0.05) is 175 Å². The van der Waals surface area contributed by atoms with Crippen LogP contribution < -0.4 is 5.32 Å². The van der Waals surface area contributed by atoms with Gasteiger partial charge in [-0.05, 0) is 19.3 Å². The second-order valence-electron chi connectivity index (χ2n) is 14.5. The van der Waals surface area contributed by atoms with E-state index in [0.717, 1.165) is 83.5 Å². The molecule has 0 aromatic rings. The average Bonchev–Trinajstić information content (AvgIpc) is 3.11. The number of unbranched alkanes of at least 4 members (excludes halogenated alkanes) is 24. The molecule has 0 aromatic carbocycles. The highest BCUT2D eigenvalue weighted by atomic mass is 32.2. The molecule has 51 heavy (non-hydrogen) atoms. The van der Waals surface area contributed by atoms with Crippen molar-refractivity contribution in [2.45, 2.75) is 226 Å². The van der Waals surface area contributed by atoms with Crippen molar-refractivity contribution >= 4 is 35.6 Å². The molecule has 0 bridgehead atoms. The van der Waals surface area contributed by atoms with Crippen LogP contribution in [0.25, 0.3) is 0 Å². The average molecular weight is 742 g/mol. The zero-order valence-electron chi connectivity index (χ0n) is 33.3. The topological polar surface area (TPSA) is 119 Å². The Morgan fingerprint density at radius 1 is 0.510 bits per heavy atom. The Labute approximate surface area is 317 Å². The minimum Gasteiger partial charge on any atom is -0.480 e. The Kier molecular flexibility index (Phi) is 36.7. The highest BCUT2D eigenvalue weighted by molar-refractivity contribution is 7.99. The van der Waals surface area contributed by atoms with Crippen molar-refractivity contribution in [3.63, 3.8) is 0 Å². The number of nitrogens with one attached hydrogen (secondary N) is 1. The summed E-state index contributed by atoms with van der Waals surface area (Å²) in [6.07, 6.45) is 32.2. The first-order valence-electron chi connectivity index (χ1n) is 21.3. The van der Waals surface area contributed by atoms with Gasteiger partial charge in [-0.25, -0.2) is 4.79 Å². The molecular weight excluding hydrogens is 663 g/mol. The third kappa shape index (κ3) is 35.0. The lowest BCUT2D eigenvalue weighted by atomic mass is 10.0. The molecule has 8 nitrogen and oxygen atoms in total. The number of hydrogen-bond acceptors (Lipinski definition) is 7. The molecule has 0 unspecified atom stereocenters. The smallest absolute Gasteiger partial charge is 0.327 e. The zero-order chi connectivity index (χ0) is 37.6. The number of amides is 1. The van der Waals surface area contributed by atoms with Gasteiger partial charge in [-0.3, -0.25) is 14.4 Å². The summed E-state index contributed by atoms with van der Waals surface area (Å²) < 4.78 is 11.1. The van der Waals surface area contributed by atoms with Crippen molar-refractivity contribution in [1.82, 2.24) is 5.32 Å². The monoisotopic (exact) mass is 742 g/mol. The molecule has 0 aromatic heterocycles. The fourth-order valence-corrected chi connectivity index (χ4v) is 7.16. The number of ether oxygens (including phenoxy) is 2. The Morgan fingerprint density at radius 2 is 0.882 bits per heavy atom. The van der Waals surface area contributed by atoms with Gasteiger partial charge in [0.1, 0.15) is 18.8 Å². The van der Waals surface area contributed by atoms with Gasteiger partial charge in [0.05, 0.1) is 0 Å². The molecule has 0 radical (unpaired) electrons. The Balaban J connectivity index is 4.30. The van der Waals surface area contributed by atoms with Crippen molar-refractivity contribution in [2.75, 3.05) is 18.1 Å². The molecule has 0 fully saturated rings. The number of hydrogen-bond donors (Lipinski definition) is 2. The molecule has 0 saturated heterocycles. The Morgan fingerprint density at radius 3 is 1.29 bits per heavy atom. The SMILES string of the molecule is CCCCCCCCCCCCCCCCCCCC(=O)N[C@H](CSC[C@@H](COC(=O)CCCCCCC)OC(=O)CCCCCCC)C(=O)O. The van der Waals surface area contributed by atoms with Crippen molar-refractivity contribution in [1.29, 1.82) is 0 Å². The molecule has 0 aliphatic heterocycles. The highest BCUT2D eigenvalue weighted by Gasteiger charge is 2.23. The van der Waals surface area contributed by atoms with E-state index in [2.05, 4.69) is 26.1 Å². The van der Waals surface area contributed by atoms with Crippen LogP contribution >= 0.6 is 11.8 Å². The van der Waals surface area contributed by atoms with Crippen molar-refractivity contribution in [3.05, 3.63) is 0 Å². The summed E-state index contributed by atoms with van der Waals surface area (Å²) in [6.45, 7) is 6.51. The van der Waals surface area contributed by atoms with Gasteiger partial charge in [0.15, 0.2) is 0 Å². The maximum absolute atomic E-state index is 12.5. The number of carboxylic acid groups (broad SMARTS) is 1. The number of carbonyl (C=O) groups is 4. The Bertz CT molecular complexity index is 840. The van der Waals surface area contributed by atoms with Crippen LogP contribution in [-0.4, -0.2) is 59.2 Å². The van der Waals surface area contributed by atoms with Gasteiger partial charge in [0.25, 0.3) is 0 Å². The minimum atomic E-state index is -1.09. The number of esters is 2. The molecule has 1 amide bonds. The summed E-state index contributed by atoms with van der Waals surface area (Å²) in [4.78, 5) is 49.3. The predicted molar refractivity (Wildman–Crippen MR) is 213 cm³/mol.